The standard InChI is InChI=1S/C10H16N2O3S/c1-8(13)9-4-6-10(7-5-9)16(14,15)11-12(2)3/h4-8,11,13H,1-3H3. The number of nitrogens with zero attached hydrogens (tertiary/aromatic N) is 1. The van der Waals surface area contributed by atoms with Crippen LogP contribution in [-0.4, -0.2) is 32.6 Å². The molecule has 0 saturated carbocycles. The van der Waals surface area contributed by atoms with E-state index in [1.165, 1.54) is 17.1 Å². The summed E-state index contributed by atoms with van der Waals surface area (Å²) in [5.41, 5.74) is 0.684. The first-order chi connectivity index (χ1) is 7.33. The third-order valence-corrected chi connectivity index (χ3v) is 3.47. The van der Waals surface area contributed by atoms with Crippen molar-refractivity contribution in [3.8, 4) is 0 Å². The fourth-order valence-corrected chi connectivity index (χ4v) is 2.30. The summed E-state index contributed by atoms with van der Waals surface area (Å²) in [6, 6.07) is 6.12. The molecule has 1 atom stereocenters. The maximum atomic E-state index is 11.7. The van der Waals surface area contributed by atoms with E-state index in [0.717, 1.165) is 0 Å². The lowest BCUT2D eigenvalue weighted by atomic mass is 10.1. The lowest BCUT2D eigenvalue weighted by Crippen LogP contribution is -2.36. The second-order valence-corrected chi connectivity index (χ2v) is 5.40. The summed E-state index contributed by atoms with van der Waals surface area (Å²) < 4.78 is 23.4. The summed E-state index contributed by atoms with van der Waals surface area (Å²) in [6.07, 6.45) is -0.599. The van der Waals surface area contributed by atoms with Gasteiger partial charge in [0.05, 0.1) is 11.0 Å². The van der Waals surface area contributed by atoms with Gasteiger partial charge in [0.25, 0.3) is 10.0 Å². The number of hydrogen-bond acceptors (Lipinski definition) is 4. The van der Waals surface area contributed by atoms with E-state index in [9.17, 15) is 13.5 Å². The highest BCUT2D eigenvalue weighted by Crippen LogP contribution is 2.15. The maximum Gasteiger partial charge on any atom is 0.253 e. The van der Waals surface area contributed by atoms with E-state index in [-0.39, 0.29) is 4.90 Å². The number of rotatable bonds is 4. The van der Waals surface area contributed by atoms with Crippen molar-refractivity contribution in [1.29, 1.82) is 0 Å². The van der Waals surface area contributed by atoms with Crippen molar-refractivity contribution in [3.05, 3.63) is 29.8 Å². The number of hydrazine groups is 1. The molecule has 0 aliphatic rings. The van der Waals surface area contributed by atoms with Crippen molar-refractivity contribution < 1.29 is 13.5 Å². The molecule has 0 saturated heterocycles. The van der Waals surface area contributed by atoms with Gasteiger partial charge in [0.15, 0.2) is 0 Å². The van der Waals surface area contributed by atoms with E-state index in [1.54, 1.807) is 33.2 Å². The van der Waals surface area contributed by atoms with Crippen LogP contribution in [0, 0.1) is 0 Å². The average molecular weight is 244 g/mol. The van der Waals surface area contributed by atoms with Crippen LogP contribution in [0.5, 0.6) is 0 Å². The zero-order valence-electron chi connectivity index (χ0n) is 9.51. The van der Waals surface area contributed by atoms with Crippen LogP contribution in [0.2, 0.25) is 0 Å². The third kappa shape index (κ3) is 3.28. The first kappa shape index (κ1) is 13.1. The summed E-state index contributed by atoms with van der Waals surface area (Å²) in [7, 11) is -0.310. The predicted molar refractivity (Wildman–Crippen MR) is 61.1 cm³/mol. The van der Waals surface area contributed by atoms with E-state index < -0.39 is 16.1 Å². The molecule has 0 fully saturated rings. The van der Waals surface area contributed by atoms with E-state index in [0.29, 0.717) is 5.56 Å². The monoisotopic (exact) mass is 244 g/mol. The van der Waals surface area contributed by atoms with Gasteiger partial charge < -0.3 is 5.11 Å². The van der Waals surface area contributed by atoms with Crippen LogP contribution in [0.4, 0.5) is 0 Å². The van der Waals surface area contributed by atoms with Gasteiger partial charge in [0.1, 0.15) is 0 Å². The average Bonchev–Trinajstić information content (AvgIpc) is 2.16. The van der Waals surface area contributed by atoms with Gasteiger partial charge in [0.2, 0.25) is 0 Å². The maximum absolute atomic E-state index is 11.7. The third-order valence-electron chi connectivity index (χ3n) is 1.98. The second kappa shape index (κ2) is 4.92. The Kier molecular flexibility index (Phi) is 4.03. The highest BCUT2D eigenvalue weighted by atomic mass is 32.2. The first-order valence-electron chi connectivity index (χ1n) is 4.81. The predicted octanol–water partition coefficient (Wildman–Crippen LogP) is 0.495. The van der Waals surface area contributed by atoms with Crippen LogP contribution < -0.4 is 4.83 Å². The number of aliphatic hydroxyl groups is 1. The minimum Gasteiger partial charge on any atom is -0.389 e. The summed E-state index contributed by atoms with van der Waals surface area (Å²) in [4.78, 5) is 2.50. The normalized spacial score (nSPS) is 14.1. The van der Waals surface area contributed by atoms with Gasteiger partial charge in [-0.05, 0) is 24.6 Å². The molecule has 1 aromatic rings. The minimum atomic E-state index is -3.51. The second-order valence-electron chi connectivity index (χ2n) is 3.73. The Hall–Kier alpha value is -0.950. The van der Waals surface area contributed by atoms with Gasteiger partial charge in [-0.15, -0.1) is 4.83 Å². The van der Waals surface area contributed by atoms with E-state index in [2.05, 4.69) is 4.83 Å². The van der Waals surface area contributed by atoms with E-state index in [1.807, 2.05) is 0 Å². The molecule has 16 heavy (non-hydrogen) atoms. The molecule has 0 aliphatic carbocycles. The van der Waals surface area contributed by atoms with Crippen molar-refractivity contribution in [3.63, 3.8) is 0 Å². The zero-order valence-corrected chi connectivity index (χ0v) is 10.3. The van der Waals surface area contributed by atoms with Gasteiger partial charge >= 0.3 is 0 Å². The lowest BCUT2D eigenvalue weighted by molar-refractivity contribution is 0.199. The summed E-state index contributed by atoms with van der Waals surface area (Å²) in [5, 5.41) is 10.6. The smallest absolute Gasteiger partial charge is 0.253 e. The van der Waals surface area contributed by atoms with Crippen LogP contribution in [-0.2, 0) is 10.0 Å². The van der Waals surface area contributed by atoms with E-state index >= 15 is 0 Å². The lowest BCUT2D eigenvalue weighted by Gasteiger charge is -2.13. The molecule has 0 aromatic heterocycles. The fraction of sp³-hybridized carbons (Fsp3) is 0.400. The molecule has 5 nitrogen and oxygen atoms in total. The number of benzene rings is 1. The summed E-state index contributed by atoms with van der Waals surface area (Å²) in [5.74, 6) is 0. The number of sulfonamides is 1. The molecular formula is C10H16N2O3S. The quantitative estimate of drug-likeness (QED) is 0.757. The van der Waals surface area contributed by atoms with Crippen molar-refractivity contribution >= 4 is 10.0 Å². The molecule has 1 unspecified atom stereocenters. The molecule has 0 heterocycles. The molecule has 0 amide bonds. The van der Waals surface area contributed by atoms with Crippen LogP contribution in [0.25, 0.3) is 0 Å². The van der Waals surface area contributed by atoms with Crippen molar-refractivity contribution in [2.75, 3.05) is 14.1 Å². The largest absolute Gasteiger partial charge is 0.389 e. The molecule has 2 N–H and O–H groups in total. The highest BCUT2D eigenvalue weighted by Gasteiger charge is 2.14. The van der Waals surface area contributed by atoms with Crippen LogP contribution >= 0.6 is 0 Å². The fourth-order valence-electron chi connectivity index (χ4n) is 1.22. The number of hydrogen-bond donors (Lipinski definition) is 2. The molecule has 1 aromatic carbocycles. The molecule has 0 spiro atoms. The van der Waals surface area contributed by atoms with Gasteiger partial charge in [0, 0.05) is 14.1 Å². The van der Waals surface area contributed by atoms with Gasteiger partial charge in [-0.1, -0.05) is 12.1 Å². The summed E-state index contributed by atoms with van der Waals surface area (Å²) in [6.45, 7) is 1.63. The minimum absolute atomic E-state index is 0.172. The van der Waals surface area contributed by atoms with Gasteiger partial charge in [-0.2, -0.15) is 0 Å². The Labute approximate surface area is 95.7 Å². The molecule has 0 radical (unpaired) electrons. The molecular weight excluding hydrogens is 228 g/mol. The molecule has 0 bridgehead atoms. The molecule has 1 rings (SSSR count). The van der Waals surface area contributed by atoms with Crippen molar-refractivity contribution in [2.45, 2.75) is 17.9 Å². The Balaban J connectivity index is 2.98. The Morgan fingerprint density at radius 1 is 1.25 bits per heavy atom. The van der Waals surface area contributed by atoms with Crippen LogP contribution in [0.3, 0.4) is 0 Å². The molecule has 0 aliphatic heterocycles. The van der Waals surface area contributed by atoms with Gasteiger partial charge in [-0.25, -0.2) is 13.4 Å². The summed E-state index contributed by atoms with van der Waals surface area (Å²) >= 11 is 0. The van der Waals surface area contributed by atoms with Crippen molar-refractivity contribution in [2.24, 2.45) is 0 Å². The number of nitrogens with one attached hydrogen (secondary N) is 1. The highest BCUT2D eigenvalue weighted by molar-refractivity contribution is 7.89. The Bertz CT molecular complexity index is 438. The van der Waals surface area contributed by atoms with E-state index in [4.69, 9.17) is 0 Å². The number of aliphatic hydroxyl groups excluding tert-OH is 1. The van der Waals surface area contributed by atoms with Crippen molar-refractivity contribution in [1.82, 2.24) is 9.84 Å². The topological polar surface area (TPSA) is 69.6 Å². The van der Waals surface area contributed by atoms with Crippen LogP contribution in [0.15, 0.2) is 29.2 Å². The van der Waals surface area contributed by atoms with Gasteiger partial charge in [-0.3, -0.25) is 0 Å². The first-order valence-corrected chi connectivity index (χ1v) is 6.29. The Morgan fingerprint density at radius 2 is 1.75 bits per heavy atom. The zero-order chi connectivity index (χ0) is 12.3. The SMILES string of the molecule is CC(O)c1ccc(S(=O)(=O)NN(C)C)cc1. The van der Waals surface area contributed by atoms with Crippen LogP contribution in [0.1, 0.15) is 18.6 Å². The Morgan fingerprint density at radius 3 is 2.12 bits per heavy atom. The molecule has 6 heteroatoms. The molecule has 90 valence electrons.